The molecule has 28 heavy (non-hydrogen) atoms. The number of halogens is 2. The maximum Gasteiger partial charge on any atom is 0.293 e. The van der Waals surface area contributed by atoms with Gasteiger partial charge in [0, 0.05) is 22.7 Å². The fourth-order valence-electron chi connectivity index (χ4n) is 2.53. The van der Waals surface area contributed by atoms with Crippen molar-refractivity contribution in [1.82, 2.24) is 4.98 Å². The maximum atomic E-state index is 12.5. The first-order valence-corrected chi connectivity index (χ1v) is 9.39. The van der Waals surface area contributed by atoms with Gasteiger partial charge in [-0.2, -0.15) is 0 Å². The second kappa shape index (κ2) is 7.23. The monoisotopic (exact) mass is 433 g/mol. The molecule has 1 amide bonds. The summed E-state index contributed by atoms with van der Waals surface area (Å²) in [6.45, 7) is 0. The van der Waals surface area contributed by atoms with Gasteiger partial charge < -0.3 is 4.42 Å². The molecule has 2 heterocycles. The van der Waals surface area contributed by atoms with E-state index in [4.69, 9.17) is 27.6 Å². The van der Waals surface area contributed by atoms with Crippen LogP contribution in [0, 0.1) is 10.1 Å². The van der Waals surface area contributed by atoms with Crippen LogP contribution in [0.15, 0.2) is 52.9 Å². The van der Waals surface area contributed by atoms with Gasteiger partial charge in [0.25, 0.3) is 11.6 Å². The SMILES string of the molecule is O=C(Nc1nc2ccc([N+](=O)[O-])cc2s1)c1ccc(-c2cc(Cl)ccc2Cl)o1. The third-order valence-corrected chi connectivity index (χ3v) is 5.33. The first-order valence-electron chi connectivity index (χ1n) is 7.82. The second-order valence-electron chi connectivity index (χ2n) is 5.67. The molecule has 1 N–H and O–H groups in total. The van der Waals surface area contributed by atoms with Crippen LogP contribution in [-0.2, 0) is 0 Å². The predicted octanol–water partition coefficient (Wildman–Crippen LogP) is 6.02. The predicted molar refractivity (Wildman–Crippen MR) is 108 cm³/mol. The molecule has 0 saturated heterocycles. The van der Waals surface area contributed by atoms with Gasteiger partial charge in [0.2, 0.25) is 0 Å². The molecule has 0 radical (unpaired) electrons. The van der Waals surface area contributed by atoms with Crippen LogP contribution in [0.25, 0.3) is 21.5 Å². The highest BCUT2D eigenvalue weighted by Gasteiger charge is 2.17. The highest BCUT2D eigenvalue weighted by atomic mass is 35.5. The molecule has 0 saturated carbocycles. The largest absolute Gasteiger partial charge is 0.451 e. The molecule has 10 heteroatoms. The number of furan rings is 1. The van der Waals surface area contributed by atoms with Crippen molar-refractivity contribution in [3.63, 3.8) is 0 Å². The summed E-state index contributed by atoms with van der Waals surface area (Å²) in [7, 11) is 0. The van der Waals surface area contributed by atoms with E-state index in [2.05, 4.69) is 10.3 Å². The summed E-state index contributed by atoms with van der Waals surface area (Å²) in [4.78, 5) is 27.1. The van der Waals surface area contributed by atoms with Crippen LogP contribution >= 0.6 is 34.5 Å². The van der Waals surface area contributed by atoms with E-state index in [1.807, 2.05) is 0 Å². The Balaban J connectivity index is 1.57. The van der Waals surface area contributed by atoms with Gasteiger partial charge in [0.1, 0.15) is 5.76 Å². The third-order valence-electron chi connectivity index (χ3n) is 3.83. The number of carbonyl (C=O) groups excluding carboxylic acids is 1. The number of aromatic nitrogens is 1. The maximum absolute atomic E-state index is 12.5. The number of nitrogens with zero attached hydrogens (tertiary/aromatic N) is 2. The molecular formula is C18H9Cl2N3O4S. The van der Waals surface area contributed by atoms with Gasteiger partial charge in [-0.15, -0.1) is 0 Å². The van der Waals surface area contributed by atoms with E-state index < -0.39 is 10.8 Å². The number of non-ortho nitro benzene ring substituents is 1. The van der Waals surface area contributed by atoms with Crippen molar-refractivity contribution in [2.24, 2.45) is 0 Å². The highest BCUT2D eigenvalue weighted by Crippen LogP contribution is 2.33. The number of benzene rings is 2. The molecule has 4 rings (SSSR count). The van der Waals surface area contributed by atoms with Crippen molar-refractivity contribution in [3.05, 3.63) is 74.5 Å². The Morgan fingerprint density at radius 2 is 1.96 bits per heavy atom. The number of nitrogens with one attached hydrogen (secondary N) is 1. The summed E-state index contributed by atoms with van der Waals surface area (Å²) >= 11 is 13.3. The average molecular weight is 434 g/mol. The molecule has 0 spiro atoms. The smallest absolute Gasteiger partial charge is 0.293 e. The van der Waals surface area contributed by atoms with Crippen LogP contribution < -0.4 is 5.32 Å². The van der Waals surface area contributed by atoms with Crippen LogP contribution in [0.3, 0.4) is 0 Å². The number of nitro groups is 1. The number of thiazole rings is 1. The van der Waals surface area contributed by atoms with Crippen molar-refractivity contribution in [2.45, 2.75) is 0 Å². The standard InChI is InChI=1S/C18H9Cl2N3O4S/c19-9-1-3-12(20)11(7-9)14-5-6-15(27-14)17(24)22-18-21-13-4-2-10(23(25)26)8-16(13)28-18/h1-8H,(H,21,22,24). The summed E-state index contributed by atoms with van der Waals surface area (Å²) in [5.74, 6) is -0.0354. The second-order valence-corrected chi connectivity index (χ2v) is 7.54. The molecule has 2 aromatic carbocycles. The molecular weight excluding hydrogens is 425 g/mol. The molecule has 0 atom stereocenters. The van der Waals surface area contributed by atoms with Gasteiger partial charge in [-0.1, -0.05) is 34.5 Å². The molecule has 140 valence electrons. The van der Waals surface area contributed by atoms with E-state index in [-0.39, 0.29) is 11.4 Å². The lowest BCUT2D eigenvalue weighted by Crippen LogP contribution is -2.10. The Morgan fingerprint density at radius 1 is 1.14 bits per heavy atom. The molecule has 0 aliphatic rings. The minimum absolute atomic E-state index is 0.0388. The number of hydrogen-bond donors (Lipinski definition) is 1. The number of anilines is 1. The van der Waals surface area contributed by atoms with Crippen LogP contribution in [0.1, 0.15) is 10.6 Å². The van der Waals surface area contributed by atoms with E-state index in [1.54, 1.807) is 24.3 Å². The van der Waals surface area contributed by atoms with Crippen LogP contribution in [0.2, 0.25) is 10.0 Å². The molecule has 0 fully saturated rings. The highest BCUT2D eigenvalue weighted by molar-refractivity contribution is 7.22. The molecule has 0 bridgehead atoms. The average Bonchev–Trinajstić information content (AvgIpc) is 3.29. The minimum atomic E-state index is -0.502. The van der Waals surface area contributed by atoms with E-state index in [0.29, 0.717) is 36.7 Å². The van der Waals surface area contributed by atoms with E-state index in [9.17, 15) is 14.9 Å². The van der Waals surface area contributed by atoms with Crippen LogP contribution in [0.5, 0.6) is 0 Å². The number of carbonyl (C=O) groups is 1. The normalized spacial score (nSPS) is 10.9. The third kappa shape index (κ3) is 3.57. The number of fused-ring (bicyclic) bond motifs is 1. The van der Waals surface area contributed by atoms with Gasteiger partial charge in [-0.3, -0.25) is 20.2 Å². The Hall–Kier alpha value is -2.94. The van der Waals surface area contributed by atoms with Crippen molar-refractivity contribution in [1.29, 1.82) is 0 Å². The molecule has 0 aliphatic heterocycles. The Bertz CT molecular complexity index is 1230. The lowest BCUT2D eigenvalue weighted by Gasteiger charge is -2.02. The van der Waals surface area contributed by atoms with Gasteiger partial charge in [0.15, 0.2) is 10.9 Å². The van der Waals surface area contributed by atoms with E-state index in [1.165, 1.54) is 24.3 Å². The molecule has 0 unspecified atom stereocenters. The van der Waals surface area contributed by atoms with E-state index in [0.717, 1.165) is 11.3 Å². The zero-order valence-corrected chi connectivity index (χ0v) is 16.1. The summed E-state index contributed by atoms with van der Waals surface area (Å²) in [6, 6.07) is 12.4. The number of amides is 1. The summed E-state index contributed by atoms with van der Waals surface area (Å²) in [6.07, 6.45) is 0. The quantitative estimate of drug-likeness (QED) is 0.313. The fraction of sp³-hybridized carbons (Fsp3) is 0. The Kier molecular flexibility index (Phi) is 4.76. The van der Waals surface area contributed by atoms with E-state index >= 15 is 0 Å². The van der Waals surface area contributed by atoms with Crippen molar-refractivity contribution in [2.75, 3.05) is 5.32 Å². The Labute approximate surface area is 171 Å². The summed E-state index contributed by atoms with van der Waals surface area (Å²) in [5.41, 5.74) is 1.08. The zero-order valence-electron chi connectivity index (χ0n) is 13.8. The fourth-order valence-corrected chi connectivity index (χ4v) is 3.81. The van der Waals surface area contributed by atoms with Gasteiger partial charge in [-0.25, -0.2) is 4.98 Å². The minimum Gasteiger partial charge on any atom is -0.451 e. The number of hydrogen-bond acceptors (Lipinski definition) is 6. The Morgan fingerprint density at radius 3 is 2.75 bits per heavy atom. The summed E-state index contributed by atoms with van der Waals surface area (Å²) < 4.78 is 6.19. The lowest BCUT2D eigenvalue weighted by atomic mass is 10.2. The topological polar surface area (TPSA) is 98.3 Å². The first-order chi connectivity index (χ1) is 13.4. The van der Waals surface area contributed by atoms with Crippen LogP contribution in [0.4, 0.5) is 10.8 Å². The van der Waals surface area contributed by atoms with Gasteiger partial charge in [0.05, 0.1) is 20.2 Å². The van der Waals surface area contributed by atoms with Gasteiger partial charge in [-0.05, 0) is 36.4 Å². The van der Waals surface area contributed by atoms with Crippen molar-refractivity contribution < 1.29 is 14.1 Å². The number of nitro benzene ring substituents is 1. The zero-order chi connectivity index (χ0) is 19.8. The molecule has 4 aromatic rings. The first kappa shape index (κ1) is 18.4. The molecule has 2 aromatic heterocycles. The molecule has 7 nitrogen and oxygen atoms in total. The molecule has 0 aliphatic carbocycles. The lowest BCUT2D eigenvalue weighted by molar-refractivity contribution is -0.384. The summed E-state index contributed by atoms with van der Waals surface area (Å²) in [5, 5.41) is 14.7. The van der Waals surface area contributed by atoms with Gasteiger partial charge >= 0.3 is 0 Å². The van der Waals surface area contributed by atoms with Crippen molar-refractivity contribution >= 4 is 61.5 Å². The van der Waals surface area contributed by atoms with Crippen LogP contribution in [-0.4, -0.2) is 15.8 Å². The van der Waals surface area contributed by atoms with Crippen molar-refractivity contribution in [3.8, 4) is 11.3 Å². The number of rotatable bonds is 4.